The molecule has 0 saturated heterocycles. The number of benzene rings is 2. The van der Waals surface area contributed by atoms with E-state index in [1.54, 1.807) is 6.07 Å². The van der Waals surface area contributed by atoms with Crippen molar-refractivity contribution < 1.29 is 13.2 Å². The van der Waals surface area contributed by atoms with Crippen molar-refractivity contribution >= 4 is 10.9 Å². The molecule has 0 amide bonds. The summed E-state index contributed by atoms with van der Waals surface area (Å²) in [5.74, 6) is 0. The van der Waals surface area contributed by atoms with Crippen LogP contribution in [0.3, 0.4) is 0 Å². The van der Waals surface area contributed by atoms with Crippen LogP contribution in [0.1, 0.15) is 48.8 Å². The molecular formula is C30H33F3N4. The van der Waals surface area contributed by atoms with Gasteiger partial charge in [0.05, 0.1) is 11.1 Å². The van der Waals surface area contributed by atoms with Crippen LogP contribution in [-0.2, 0) is 19.3 Å². The van der Waals surface area contributed by atoms with Crippen molar-refractivity contribution in [3.8, 4) is 5.69 Å². The minimum atomic E-state index is -4.38. The maximum atomic E-state index is 13.4. The molecule has 37 heavy (non-hydrogen) atoms. The number of nitrogens with zero attached hydrogens (tertiary/aromatic N) is 3. The summed E-state index contributed by atoms with van der Waals surface area (Å²) in [5, 5.41) is 4.80. The van der Waals surface area contributed by atoms with Crippen LogP contribution >= 0.6 is 0 Å². The number of hydrogen-bond acceptors (Lipinski definition) is 3. The quantitative estimate of drug-likeness (QED) is 0.266. The third-order valence-corrected chi connectivity index (χ3v) is 7.26. The van der Waals surface area contributed by atoms with Gasteiger partial charge in [-0.1, -0.05) is 43.5 Å². The van der Waals surface area contributed by atoms with Crippen LogP contribution in [0.2, 0.25) is 0 Å². The van der Waals surface area contributed by atoms with E-state index in [2.05, 4.69) is 21.3 Å². The maximum absolute atomic E-state index is 13.4. The number of para-hydroxylation sites is 1. The van der Waals surface area contributed by atoms with E-state index in [9.17, 15) is 13.2 Å². The predicted molar refractivity (Wildman–Crippen MR) is 142 cm³/mol. The molecule has 0 spiro atoms. The van der Waals surface area contributed by atoms with E-state index in [1.807, 2.05) is 53.5 Å². The summed E-state index contributed by atoms with van der Waals surface area (Å²) < 4.78 is 42.1. The average molecular weight is 507 g/mol. The van der Waals surface area contributed by atoms with Gasteiger partial charge in [0.25, 0.3) is 0 Å². The second-order valence-corrected chi connectivity index (χ2v) is 9.94. The van der Waals surface area contributed by atoms with E-state index in [4.69, 9.17) is 0 Å². The molecule has 1 saturated carbocycles. The molecular weight excluding hydrogens is 473 g/mol. The van der Waals surface area contributed by atoms with Crippen LogP contribution in [0.25, 0.3) is 16.6 Å². The summed E-state index contributed by atoms with van der Waals surface area (Å²) in [7, 11) is 0. The predicted octanol–water partition coefficient (Wildman–Crippen LogP) is 6.97. The molecule has 0 bridgehead atoms. The van der Waals surface area contributed by atoms with Crippen LogP contribution in [0, 0.1) is 0 Å². The molecule has 4 aromatic rings. The van der Waals surface area contributed by atoms with Gasteiger partial charge in [-0.05, 0) is 60.4 Å². The molecule has 194 valence electrons. The summed E-state index contributed by atoms with van der Waals surface area (Å²) in [6.45, 7) is 3.25. The number of hydrogen-bond donors (Lipinski definition) is 1. The summed E-state index contributed by atoms with van der Waals surface area (Å²) in [5.41, 5.74) is 3.06. The molecule has 0 aliphatic heterocycles. The van der Waals surface area contributed by atoms with Crippen LogP contribution in [0.4, 0.5) is 13.2 Å². The Balaban J connectivity index is 1.41. The van der Waals surface area contributed by atoms with Gasteiger partial charge >= 0.3 is 6.18 Å². The number of halogens is 3. The second kappa shape index (κ2) is 11.5. The van der Waals surface area contributed by atoms with Crippen molar-refractivity contribution in [3.05, 3.63) is 95.9 Å². The molecule has 1 fully saturated rings. The van der Waals surface area contributed by atoms with E-state index in [-0.39, 0.29) is 0 Å². The lowest BCUT2D eigenvalue weighted by atomic mass is 9.95. The van der Waals surface area contributed by atoms with Crippen molar-refractivity contribution in [2.45, 2.75) is 57.4 Å². The zero-order valence-corrected chi connectivity index (χ0v) is 20.9. The topological polar surface area (TPSA) is 33.1 Å². The van der Waals surface area contributed by atoms with E-state index in [0.29, 0.717) is 18.3 Å². The summed E-state index contributed by atoms with van der Waals surface area (Å²) in [6.07, 6.45) is 7.66. The molecule has 5 rings (SSSR count). The Morgan fingerprint density at radius 1 is 0.919 bits per heavy atom. The zero-order chi connectivity index (χ0) is 25.7. The van der Waals surface area contributed by atoms with Gasteiger partial charge in [0, 0.05) is 61.9 Å². The number of alkyl halides is 3. The fraction of sp³-hybridized carbons (Fsp3) is 0.367. The monoisotopic (exact) mass is 506 g/mol. The lowest BCUT2D eigenvalue weighted by Crippen LogP contribution is -2.37. The van der Waals surface area contributed by atoms with Gasteiger partial charge in [-0.15, -0.1) is 0 Å². The van der Waals surface area contributed by atoms with Crippen molar-refractivity contribution in [2.24, 2.45) is 0 Å². The molecule has 1 N–H and O–H groups in total. The largest absolute Gasteiger partial charge is 0.416 e. The van der Waals surface area contributed by atoms with E-state index >= 15 is 0 Å². The second-order valence-electron chi connectivity index (χ2n) is 9.94. The third-order valence-electron chi connectivity index (χ3n) is 7.26. The van der Waals surface area contributed by atoms with Crippen LogP contribution in [0.5, 0.6) is 0 Å². The fourth-order valence-corrected chi connectivity index (χ4v) is 5.36. The Labute approximate surface area is 216 Å². The average Bonchev–Trinajstić information content (AvgIpc) is 3.28. The Morgan fingerprint density at radius 2 is 1.70 bits per heavy atom. The first-order valence-electron chi connectivity index (χ1n) is 13.1. The molecule has 1 aliphatic rings. The van der Waals surface area contributed by atoms with Crippen LogP contribution < -0.4 is 5.32 Å². The lowest BCUT2D eigenvalue weighted by molar-refractivity contribution is -0.137. The minimum Gasteiger partial charge on any atom is -0.316 e. The molecule has 1 aliphatic carbocycles. The third kappa shape index (κ3) is 6.40. The maximum Gasteiger partial charge on any atom is 0.416 e. The Bertz CT molecular complexity index is 1290. The van der Waals surface area contributed by atoms with Gasteiger partial charge in [-0.3, -0.25) is 9.88 Å². The number of rotatable bonds is 9. The highest BCUT2D eigenvalue weighted by Gasteiger charge is 2.30. The summed E-state index contributed by atoms with van der Waals surface area (Å²) >= 11 is 0. The van der Waals surface area contributed by atoms with E-state index in [1.165, 1.54) is 49.8 Å². The van der Waals surface area contributed by atoms with E-state index < -0.39 is 11.7 Å². The van der Waals surface area contributed by atoms with Crippen molar-refractivity contribution in [1.82, 2.24) is 19.8 Å². The van der Waals surface area contributed by atoms with Crippen molar-refractivity contribution in [1.29, 1.82) is 0 Å². The molecule has 4 nitrogen and oxygen atoms in total. The normalized spacial score (nSPS) is 15.0. The minimum absolute atomic E-state index is 0.511. The van der Waals surface area contributed by atoms with Crippen molar-refractivity contribution in [3.63, 3.8) is 0 Å². The SMILES string of the molecule is FC(F)(F)c1cccc(-n2cc(CN(CCNC3CCCCC3)Cc3ccncc3)c3ccccc32)c1. The highest BCUT2D eigenvalue weighted by Crippen LogP contribution is 2.32. The lowest BCUT2D eigenvalue weighted by Gasteiger charge is -2.26. The van der Waals surface area contributed by atoms with Gasteiger partial charge in [-0.25, -0.2) is 0 Å². The molecule has 0 unspecified atom stereocenters. The molecule has 7 heteroatoms. The zero-order valence-electron chi connectivity index (χ0n) is 20.9. The number of fused-ring (bicyclic) bond motifs is 1. The highest BCUT2D eigenvalue weighted by atomic mass is 19.4. The van der Waals surface area contributed by atoms with Gasteiger partial charge < -0.3 is 9.88 Å². The Morgan fingerprint density at radius 3 is 2.49 bits per heavy atom. The molecule has 2 aromatic heterocycles. The van der Waals surface area contributed by atoms with E-state index in [0.717, 1.165) is 42.2 Å². The number of pyridine rings is 1. The molecule has 2 aromatic carbocycles. The van der Waals surface area contributed by atoms with Gasteiger partial charge in [0.1, 0.15) is 0 Å². The smallest absolute Gasteiger partial charge is 0.316 e. The fourth-order valence-electron chi connectivity index (χ4n) is 5.36. The molecule has 0 radical (unpaired) electrons. The van der Waals surface area contributed by atoms with Crippen molar-refractivity contribution in [2.75, 3.05) is 13.1 Å². The molecule has 0 atom stereocenters. The first-order chi connectivity index (χ1) is 18.0. The van der Waals surface area contributed by atoms with Gasteiger partial charge in [0.15, 0.2) is 0 Å². The number of aromatic nitrogens is 2. The van der Waals surface area contributed by atoms with Gasteiger partial charge in [-0.2, -0.15) is 13.2 Å². The standard InChI is InChI=1S/C30H33F3N4/c31-30(32,33)25-7-6-10-27(19-25)37-22-24(28-11-4-5-12-29(28)37)21-36(20-23-13-15-34-16-14-23)18-17-35-26-8-2-1-3-9-26/h4-7,10-16,19,22,26,35H,1-3,8-9,17-18,20-21H2. The Kier molecular flexibility index (Phi) is 7.91. The Hall–Kier alpha value is -3.16. The first-order valence-corrected chi connectivity index (χ1v) is 13.1. The molecule has 2 heterocycles. The highest BCUT2D eigenvalue weighted by molar-refractivity contribution is 5.85. The number of nitrogens with one attached hydrogen (secondary N) is 1. The summed E-state index contributed by atoms with van der Waals surface area (Å²) in [4.78, 5) is 6.55. The summed E-state index contributed by atoms with van der Waals surface area (Å²) in [6, 6.07) is 18.1. The van der Waals surface area contributed by atoms with Gasteiger partial charge in [0.2, 0.25) is 0 Å². The van der Waals surface area contributed by atoms with Crippen LogP contribution in [-0.4, -0.2) is 33.6 Å². The first kappa shape index (κ1) is 25.5. The van der Waals surface area contributed by atoms with Crippen LogP contribution in [0.15, 0.2) is 79.3 Å².